The molecule has 0 atom stereocenters. The minimum absolute atomic E-state index is 0.323. The van der Waals surface area contributed by atoms with Crippen LogP contribution in [0.4, 0.5) is 5.69 Å². The maximum Gasteiger partial charge on any atom is 0.0702 e. The summed E-state index contributed by atoms with van der Waals surface area (Å²) in [5.41, 5.74) is 2.13. The van der Waals surface area contributed by atoms with Crippen molar-refractivity contribution in [2.75, 3.05) is 11.9 Å². The van der Waals surface area contributed by atoms with Crippen LogP contribution in [0.1, 0.15) is 33.3 Å². The zero-order valence-electron chi connectivity index (χ0n) is 11.2. The van der Waals surface area contributed by atoms with Crippen molar-refractivity contribution in [2.24, 2.45) is 11.3 Å². The summed E-state index contributed by atoms with van der Waals surface area (Å²) in [6.07, 6.45) is 1.12. The van der Waals surface area contributed by atoms with E-state index in [0.717, 1.165) is 12.1 Å². The van der Waals surface area contributed by atoms with Crippen LogP contribution in [0.3, 0.4) is 0 Å². The second-order valence-electron chi connectivity index (χ2n) is 5.64. The average Bonchev–Trinajstić information content (AvgIpc) is 2.28. The summed E-state index contributed by atoms with van der Waals surface area (Å²) < 4.78 is 0. The summed E-state index contributed by atoms with van der Waals surface area (Å²) in [4.78, 5) is 0. The maximum atomic E-state index is 8.93. The van der Waals surface area contributed by atoms with Gasteiger partial charge in [-0.25, -0.2) is 0 Å². The normalized spacial score (nSPS) is 11.3. The van der Waals surface area contributed by atoms with Crippen LogP contribution in [0, 0.1) is 22.7 Å². The van der Waals surface area contributed by atoms with Gasteiger partial charge in [0, 0.05) is 12.2 Å². The van der Waals surface area contributed by atoms with Gasteiger partial charge >= 0.3 is 0 Å². The van der Waals surface area contributed by atoms with E-state index in [2.05, 4.69) is 49.5 Å². The fourth-order valence-corrected chi connectivity index (χ4v) is 1.59. The van der Waals surface area contributed by atoms with E-state index < -0.39 is 0 Å². The van der Waals surface area contributed by atoms with Gasteiger partial charge in [0.15, 0.2) is 0 Å². The van der Waals surface area contributed by atoms with Gasteiger partial charge in [0.25, 0.3) is 0 Å². The molecule has 0 aromatic heterocycles. The molecule has 2 heteroatoms. The van der Waals surface area contributed by atoms with Crippen molar-refractivity contribution in [1.29, 1.82) is 5.26 Å². The summed E-state index contributed by atoms with van der Waals surface area (Å²) in [5.74, 6) is 0.686. The van der Waals surface area contributed by atoms with Crippen LogP contribution in [0.25, 0.3) is 0 Å². The third kappa shape index (κ3) is 4.91. The average molecular weight is 230 g/mol. The number of benzene rings is 1. The van der Waals surface area contributed by atoms with Gasteiger partial charge in [-0.2, -0.15) is 5.26 Å². The molecule has 1 N–H and O–H groups in total. The van der Waals surface area contributed by atoms with Gasteiger partial charge in [0.05, 0.1) is 11.5 Å². The monoisotopic (exact) mass is 230 g/mol. The molecule has 1 aromatic carbocycles. The number of rotatable bonds is 5. The molecule has 0 heterocycles. The highest BCUT2D eigenvalue weighted by Gasteiger charge is 2.15. The molecule has 17 heavy (non-hydrogen) atoms. The van der Waals surface area contributed by atoms with E-state index in [1.54, 1.807) is 0 Å². The zero-order chi connectivity index (χ0) is 12.9. The van der Waals surface area contributed by atoms with Crippen LogP contribution in [0.15, 0.2) is 24.3 Å². The van der Waals surface area contributed by atoms with Gasteiger partial charge in [-0.15, -0.1) is 0 Å². The van der Waals surface area contributed by atoms with Crippen LogP contribution >= 0.6 is 0 Å². The Kier molecular flexibility index (Phi) is 4.57. The van der Waals surface area contributed by atoms with Gasteiger partial charge in [0.1, 0.15) is 0 Å². The molecule has 0 amide bonds. The van der Waals surface area contributed by atoms with E-state index in [1.165, 1.54) is 5.56 Å². The lowest BCUT2D eigenvalue weighted by atomic mass is 9.96. The summed E-state index contributed by atoms with van der Waals surface area (Å²) in [6.45, 7) is 9.00. The molecular formula is C15H22N2. The smallest absolute Gasteiger partial charge is 0.0702 e. The van der Waals surface area contributed by atoms with Crippen molar-refractivity contribution in [3.05, 3.63) is 29.8 Å². The molecular weight excluding hydrogens is 208 g/mol. The largest absolute Gasteiger partial charge is 0.383 e. The maximum absolute atomic E-state index is 8.93. The molecule has 0 saturated heterocycles. The number of nitrogens with one attached hydrogen (secondary N) is 1. The number of hydrogen-bond acceptors (Lipinski definition) is 2. The first-order chi connectivity index (χ1) is 7.93. The molecule has 92 valence electrons. The lowest BCUT2D eigenvalue weighted by Crippen LogP contribution is -2.20. The minimum atomic E-state index is -0.323. The van der Waals surface area contributed by atoms with E-state index >= 15 is 0 Å². The Balaban J connectivity index is 2.55. The Labute approximate surface area is 105 Å². The van der Waals surface area contributed by atoms with Crippen molar-refractivity contribution in [3.8, 4) is 6.07 Å². The van der Waals surface area contributed by atoms with Crippen LogP contribution in [0.2, 0.25) is 0 Å². The third-order valence-corrected chi connectivity index (χ3v) is 2.64. The molecule has 0 aliphatic rings. The Hall–Kier alpha value is -1.49. The Morgan fingerprint density at radius 3 is 2.29 bits per heavy atom. The fourth-order valence-electron chi connectivity index (χ4n) is 1.59. The van der Waals surface area contributed by atoms with E-state index in [1.807, 2.05) is 13.8 Å². The lowest BCUT2D eigenvalue weighted by molar-refractivity contribution is 0.529. The van der Waals surface area contributed by atoms with E-state index in [0.29, 0.717) is 12.5 Å². The quantitative estimate of drug-likeness (QED) is 0.834. The van der Waals surface area contributed by atoms with Crippen molar-refractivity contribution in [3.63, 3.8) is 0 Å². The van der Waals surface area contributed by atoms with Gasteiger partial charge in [0.2, 0.25) is 0 Å². The molecule has 0 spiro atoms. The van der Waals surface area contributed by atoms with E-state index in [4.69, 9.17) is 5.26 Å². The molecule has 1 aromatic rings. The zero-order valence-corrected chi connectivity index (χ0v) is 11.2. The molecule has 0 fully saturated rings. The van der Waals surface area contributed by atoms with Crippen LogP contribution < -0.4 is 5.32 Å². The fraction of sp³-hybridized carbons (Fsp3) is 0.533. The van der Waals surface area contributed by atoms with Gasteiger partial charge in [-0.3, -0.25) is 0 Å². The topological polar surface area (TPSA) is 35.8 Å². The highest BCUT2D eigenvalue weighted by atomic mass is 14.9. The highest BCUT2D eigenvalue weighted by Crippen LogP contribution is 2.17. The number of nitriles is 1. The number of anilines is 1. The van der Waals surface area contributed by atoms with Crippen molar-refractivity contribution >= 4 is 5.69 Å². The first-order valence-corrected chi connectivity index (χ1v) is 6.17. The number of hydrogen-bond donors (Lipinski definition) is 1. The van der Waals surface area contributed by atoms with E-state index in [-0.39, 0.29) is 5.41 Å². The lowest BCUT2D eigenvalue weighted by Gasteiger charge is -2.17. The molecule has 0 aliphatic heterocycles. The summed E-state index contributed by atoms with van der Waals surface area (Å²) in [7, 11) is 0. The van der Waals surface area contributed by atoms with Crippen molar-refractivity contribution in [2.45, 2.75) is 34.1 Å². The predicted molar refractivity (Wildman–Crippen MR) is 72.9 cm³/mol. The Morgan fingerprint density at radius 1 is 1.24 bits per heavy atom. The number of nitrogens with zero attached hydrogens (tertiary/aromatic N) is 1. The SMILES string of the molecule is CC(C)Cc1ccc(NCC(C)(C)C#N)cc1. The molecule has 0 unspecified atom stereocenters. The molecule has 0 radical (unpaired) electrons. The van der Waals surface area contributed by atoms with Crippen LogP contribution in [0.5, 0.6) is 0 Å². The summed E-state index contributed by atoms with van der Waals surface area (Å²) >= 11 is 0. The second-order valence-corrected chi connectivity index (χ2v) is 5.64. The molecule has 1 rings (SSSR count). The highest BCUT2D eigenvalue weighted by molar-refractivity contribution is 5.45. The third-order valence-electron chi connectivity index (χ3n) is 2.64. The van der Waals surface area contributed by atoms with Crippen molar-refractivity contribution in [1.82, 2.24) is 0 Å². The van der Waals surface area contributed by atoms with E-state index in [9.17, 15) is 0 Å². The van der Waals surface area contributed by atoms with Crippen LogP contribution in [-0.2, 0) is 6.42 Å². The van der Waals surface area contributed by atoms with Gasteiger partial charge in [-0.1, -0.05) is 26.0 Å². The summed E-state index contributed by atoms with van der Waals surface area (Å²) in [6, 6.07) is 10.8. The molecule has 0 bridgehead atoms. The van der Waals surface area contributed by atoms with Gasteiger partial charge < -0.3 is 5.32 Å². The predicted octanol–water partition coefficient (Wildman–Crippen LogP) is 3.85. The first-order valence-electron chi connectivity index (χ1n) is 6.17. The van der Waals surface area contributed by atoms with Crippen molar-refractivity contribution < 1.29 is 0 Å². The Morgan fingerprint density at radius 2 is 1.82 bits per heavy atom. The molecule has 2 nitrogen and oxygen atoms in total. The standard InChI is InChI=1S/C15H22N2/c1-12(2)9-13-5-7-14(8-6-13)17-11-15(3,4)10-16/h5-8,12,17H,9,11H2,1-4H3. The first kappa shape index (κ1) is 13.6. The molecule has 0 aliphatic carbocycles. The summed E-state index contributed by atoms with van der Waals surface area (Å²) in [5, 5.41) is 12.2. The minimum Gasteiger partial charge on any atom is -0.383 e. The van der Waals surface area contributed by atoms with Gasteiger partial charge in [-0.05, 0) is 43.9 Å². The Bertz CT molecular complexity index is 382. The second kappa shape index (κ2) is 5.72. The molecule has 0 saturated carbocycles. The van der Waals surface area contributed by atoms with Crippen LogP contribution in [-0.4, -0.2) is 6.54 Å².